The summed E-state index contributed by atoms with van der Waals surface area (Å²) in [5.41, 5.74) is 0. The summed E-state index contributed by atoms with van der Waals surface area (Å²) in [5.74, 6) is 0. The standard InChI is InChI=1S/C10H16BI2P2.I3/c1-14(2)9-7-5-6-8-10(9)15(3,4)11(14,12)13;1-3-2/h5-8H,1-4H3;/q+1;-1. The molecule has 18 heavy (non-hydrogen) atoms. The molecule has 1 heterocycles. The average molecular weight is 844 g/mol. The van der Waals surface area contributed by atoms with E-state index in [1.807, 2.05) is 0 Å². The van der Waals surface area contributed by atoms with Crippen molar-refractivity contribution in [1.29, 1.82) is 0 Å². The fourth-order valence-corrected chi connectivity index (χ4v) is 17.1. The minimum atomic E-state index is -0.922. The van der Waals surface area contributed by atoms with Crippen LogP contribution in [0.2, 0.25) is 0 Å². The van der Waals surface area contributed by atoms with E-state index >= 15 is 0 Å². The Bertz CT molecular complexity index is 399. The Morgan fingerprint density at radius 2 is 1.17 bits per heavy atom. The first-order valence-electron chi connectivity index (χ1n) is 5.30. The van der Waals surface area contributed by atoms with Crippen LogP contribution in [-0.4, -0.2) is 28.0 Å². The molecule has 0 nitrogen and oxygen atoms in total. The van der Waals surface area contributed by atoms with E-state index in [4.69, 9.17) is 0 Å². The summed E-state index contributed by atoms with van der Waals surface area (Å²) < 4.78 is -0.260. The molecule has 0 atom stereocenters. The first kappa shape index (κ1) is 19.8. The van der Waals surface area contributed by atoms with Gasteiger partial charge < -0.3 is 0 Å². The average Bonchev–Trinajstić information content (AvgIpc) is 2.38. The summed E-state index contributed by atoms with van der Waals surface area (Å²) in [6.45, 7) is 10.1. The normalized spacial score (nSPS) is 22.0. The quantitative estimate of drug-likeness (QED) is 0.215. The first-order valence-corrected chi connectivity index (χ1v) is 25.9. The second kappa shape index (κ2) is 7.58. The van der Waals surface area contributed by atoms with E-state index in [0.717, 1.165) is 0 Å². The molecule has 0 saturated heterocycles. The van der Waals surface area contributed by atoms with Crippen LogP contribution in [0.15, 0.2) is 24.3 Å². The van der Waals surface area contributed by atoms with Gasteiger partial charge in [-0.2, -0.15) is 0 Å². The number of hydrogen-bond acceptors (Lipinski definition) is 0. The number of benzene rings is 1. The van der Waals surface area contributed by atoms with E-state index in [9.17, 15) is 0 Å². The van der Waals surface area contributed by atoms with Crippen LogP contribution in [0.25, 0.3) is 0 Å². The third-order valence-corrected chi connectivity index (χ3v) is 30.4. The van der Waals surface area contributed by atoms with Crippen LogP contribution < -0.4 is 23.9 Å². The molecule has 0 aliphatic carbocycles. The summed E-state index contributed by atoms with van der Waals surface area (Å²) in [6, 6.07) is 9.19. The van der Waals surface area contributed by atoms with Gasteiger partial charge in [0.2, 0.25) is 0 Å². The van der Waals surface area contributed by atoms with Crippen molar-refractivity contribution in [3.8, 4) is 0 Å². The van der Waals surface area contributed by atoms with Gasteiger partial charge in [0.15, 0.2) is 0 Å². The van der Waals surface area contributed by atoms with Gasteiger partial charge in [-0.1, -0.05) is 26.4 Å². The third-order valence-electron chi connectivity index (χ3n) is 3.68. The van der Waals surface area contributed by atoms with Gasteiger partial charge in [0, 0.05) is 26.7 Å². The second-order valence-electron chi connectivity index (χ2n) is 5.21. The van der Waals surface area contributed by atoms with E-state index in [1.54, 1.807) is 10.6 Å². The molecule has 0 unspecified atom stereocenters. The van der Waals surface area contributed by atoms with Gasteiger partial charge in [-0.3, -0.25) is 0 Å². The summed E-state index contributed by atoms with van der Waals surface area (Å²) in [4.78, 5) is 0. The van der Waals surface area contributed by atoms with Crippen molar-refractivity contribution in [2.75, 3.05) is 26.7 Å². The monoisotopic (exact) mass is 844 g/mol. The van der Waals surface area contributed by atoms with Crippen LogP contribution in [0.3, 0.4) is 0 Å². The molecule has 0 amide bonds. The van der Waals surface area contributed by atoms with Crippen LogP contribution in [0.5, 0.6) is 0 Å². The van der Waals surface area contributed by atoms with E-state index in [1.165, 1.54) is 0 Å². The molecule has 0 fully saturated rings. The Hall–Kier alpha value is 3.79. The van der Waals surface area contributed by atoms with Gasteiger partial charge in [-0.25, -0.2) is 44.7 Å². The minimum absolute atomic E-state index is 0.260. The first-order chi connectivity index (χ1) is 8.14. The molecule has 0 saturated carbocycles. The topological polar surface area (TPSA) is 0 Å². The van der Waals surface area contributed by atoms with Crippen LogP contribution in [0.4, 0.5) is 0 Å². The number of rotatable bonds is 0. The fraction of sp³-hybridized carbons (Fsp3) is 0.400. The molecule has 0 aromatic heterocycles. The Labute approximate surface area is 169 Å². The van der Waals surface area contributed by atoms with Crippen LogP contribution in [0.1, 0.15) is 0 Å². The van der Waals surface area contributed by atoms with Crippen molar-refractivity contribution in [3.63, 3.8) is 0 Å². The predicted molar refractivity (Wildman–Crippen MR) is 125 cm³/mol. The maximum atomic E-state index is 2.80. The van der Waals surface area contributed by atoms with Crippen LogP contribution >= 0.6 is 96.3 Å². The molecule has 8 heteroatoms. The number of fused-ring (bicyclic) bond motifs is 1. The van der Waals surface area contributed by atoms with E-state index in [-0.39, 0.29) is 1.30 Å². The molecular weight excluding hydrogens is 827 g/mol. The molecule has 0 spiro atoms. The van der Waals surface area contributed by atoms with Crippen molar-refractivity contribution in [1.82, 2.24) is 0 Å². The fourth-order valence-electron chi connectivity index (χ4n) is 2.50. The zero-order valence-corrected chi connectivity index (χ0v) is 23.2. The van der Waals surface area contributed by atoms with Gasteiger partial charge in [-0.05, 0) is 12.1 Å². The Kier molecular flexibility index (Phi) is 8.35. The van der Waals surface area contributed by atoms with E-state index < -0.39 is 14.3 Å². The maximum absolute atomic E-state index is 2.80. The Morgan fingerprint density at radius 1 is 0.889 bits per heavy atom. The van der Waals surface area contributed by atoms with Crippen molar-refractivity contribution in [2.24, 2.45) is 0 Å². The zero-order valence-electron chi connectivity index (χ0n) is 10.7. The van der Waals surface area contributed by atoms with Gasteiger partial charge in [0.1, 0.15) is 0 Å². The van der Waals surface area contributed by atoms with Gasteiger partial charge in [0.25, 0.3) is 0 Å². The zero-order chi connectivity index (χ0) is 14.2. The second-order valence-corrected chi connectivity index (χ2v) is 40.6. The third kappa shape index (κ3) is 3.48. The SMILES string of the molecule is C[P+]1(C)c2ccccc2[P+](C)(C)[B-]1(I)I.I[I-]I. The molecule has 1 aliphatic rings. The summed E-state index contributed by atoms with van der Waals surface area (Å²) in [5, 5.41) is 3.40. The molecule has 1 aromatic rings. The summed E-state index contributed by atoms with van der Waals surface area (Å²) >= 11 is 10.9. The molecule has 0 bridgehead atoms. The molecule has 104 valence electrons. The molecule has 2 rings (SSSR count). The number of halogens is 5. The molecule has 1 aliphatic heterocycles. The van der Waals surface area contributed by atoms with Crippen molar-refractivity contribution in [2.45, 2.75) is 0 Å². The van der Waals surface area contributed by atoms with Gasteiger partial charge in [-0.15, -0.1) is 0 Å². The van der Waals surface area contributed by atoms with Crippen molar-refractivity contribution in [3.05, 3.63) is 24.3 Å². The van der Waals surface area contributed by atoms with Crippen molar-refractivity contribution >= 4 is 108 Å². The van der Waals surface area contributed by atoms with E-state index in [2.05, 4.69) is 133 Å². The van der Waals surface area contributed by atoms with Gasteiger partial charge >= 0.3 is 51.8 Å². The van der Waals surface area contributed by atoms with Crippen LogP contribution in [-0.2, 0) is 0 Å². The molecule has 0 radical (unpaired) electrons. The predicted octanol–water partition coefficient (Wildman–Crippen LogP) is 2.59. The summed E-state index contributed by atoms with van der Waals surface area (Å²) in [6.07, 6.45) is 0. The van der Waals surface area contributed by atoms with Gasteiger partial charge in [0.05, 0.1) is 10.6 Å². The van der Waals surface area contributed by atoms with E-state index in [0.29, 0.717) is 13.3 Å². The molecule has 0 N–H and O–H groups in total. The molecular formula is C10H16BI5P2. The number of hydrogen-bond donors (Lipinski definition) is 0. The Balaban J connectivity index is 0.000000492. The van der Waals surface area contributed by atoms with Crippen LogP contribution in [0, 0.1) is 0 Å². The summed E-state index contributed by atoms with van der Waals surface area (Å²) in [7, 11) is -1.84. The Morgan fingerprint density at radius 3 is 1.44 bits per heavy atom. The van der Waals surface area contributed by atoms with Crippen molar-refractivity contribution < 1.29 is 13.3 Å². The molecule has 1 aromatic carbocycles.